The summed E-state index contributed by atoms with van der Waals surface area (Å²) >= 11 is 1.30. The van der Waals surface area contributed by atoms with Gasteiger partial charge in [0, 0.05) is 20.1 Å². The van der Waals surface area contributed by atoms with Crippen LogP contribution in [-0.4, -0.2) is 53.7 Å². The molecule has 0 aliphatic heterocycles. The van der Waals surface area contributed by atoms with Gasteiger partial charge in [0.15, 0.2) is 5.13 Å². The van der Waals surface area contributed by atoms with Crippen LogP contribution in [0.3, 0.4) is 0 Å². The molecular weight excluding hydrogens is 264 g/mol. The zero-order valence-electron chi connectivity index (χ0n) is 11.9. The molecule has 1 amide bonds. The summed E-state index contributed by atoms with van der Waals surface area (Å²) in [5.74, 6) is 0.0591. The molecule has 0 bridgehead atoms. The van der Waals surface area contributed by atoms with Crippen LogP contribution in [0.4, 0.5) is 10.9 Å². The van der Waals surface area contributed by atoms with Gasteiger partial charge in [-0.2, -0.15) is 0 Å². The first kappa shape index (κ1) is 15.7. The second-order valence-electron chi connectivity index (χ2n) is 4.33. The maximum absolute atomic E-state index is 12.3. The molecule has 108 valence electrons. The van der Waals surface area contributed by atoms with E-state index in [1.807, 2.05) is 18.7 Å². The Kier molecular flexibility index (Phi) is 5.56. The number of likely N-dealkylation sites (N-methyl/N-ethyl adjacent to an activating group) is 1. The molecule has 0 radical (unpaired) electrons. The van der Waals surface area contributed by atoms with Gasteiger partial charge in [-0.15, -0.1) is 0 Å². The maximum atomic E-state index is 12.3. The highest BCUT2D eigenvalue weighted by molar-refractivity contribution is 7.18. The summed E-state index contributed by atoms with van der Waals surface area (Å²) in [5, 5.41) is 9.85. The van der Waals surface area contributed by atoms with E-state index in [2.05, 4.69) is 4.98 Å². The fourth-order valence-corrected chi connectivity index (χ4v) is 2.68. The van der Waals surface area contributed by atoms with Gasteiger partial charge in [-0.05, 0) is 20.8 Å². The Morgan fingerprint density at radius 3 is 2.53 bits per heavy atom. The van der Waals surface area contributed by atoms with Crippen molar-refractivity contribution in [3.63, 3.8) is 0 Å². The summed E-state index contributed by atoms with van der Waals surface area (Å²) in [6, 6.07) is -0.245. The van der Waals surface area contributed by atoms with Crippen LogP contribution in [0.15, 0.2) is 0 Å². The van der Waals surface area contributed by atoms with Crippen molar-refractivity contribution in [1.82, 2.24) is 9.88 Å². The number of hydrogen-bond acceptors (Lipinski definition) is 6. The monoisotopic (exact) mass is 286 g/mol. The fourth-order valence-electron chi connectivity index (χ4n) is 1.59. The van der Waals surface area contributed by atoms with Crippen LogP contribution in [0.1, 0.15) is 30.4 Å². The van der Waals surface area contributed by atoms with Gasteiger partial charge in [-0.3, -0.25) is 4.79 Å². The first-order valence-corrected chi connectivity index (χ1v) is 7.17. The van der Waals surface area contributed by atoms with Crippen LogP contribution in [0.25, 0.3) is 0 Å². The largest absolute Gasteiger partial charge is 0.394 e. The number of amides is 1. The molecule has 0 spiro atoms. The second kappa shape index (κ2) is 6.72. The summed E-state index contributed by atoms with van der Waals surface area (Å²) < 4.78 is 0. The summed E-state index contributed by atoms with van der Waals surface area (Å²) in [6.45, 7) is 7.40. The van der Waals surface area contributed by atoms with Crippen molar-refractivity contribution < 1.29 is 9.90 Å². The van der Waals surface area contributed by atoms with E-state index < -0.39 is 0 Å². The summed E-state index contributed by atoms with van der Waals surface area (Å²) in [7, 11) is 1.65. The molecule has 19 heavy (non-hydrogen) atoms. The van der Waals surface area contributed by atoms with Gasteiger partial charge in [-0.25, -0.2) is 4.98 Å². The lowest BCUT2D eigenvalue weighted by atomic mass is 10.3. The highest BCUT2D eigenvalue weighted by Crippen LogP contribution is 2.29. The standard InChI is InChI=1S/C12H22N4O2S/c1-5-16(6-2)12-14-10(13)9(19-12)11(18)15(4)8(3)7-17/h8,17H,5-7,13H2,1-4H3. The Balaban J connectivity index is 2.98. The quantitative estimate of drug-likeness (QED) is 0.816. The predicted octanol–water partition coefficient (Wildman–Crippen LogP) is 1.02. The number of hydrogen-bond donors (Lipinski definition) is 2. The third kappa shape index (κ3) is 3.36. The highest BCUT2D eigenvalue weighted by Gasteiger charge is 2.23. The number of anilines is 2. The van der Waals surface area contributed by atoms with E-state index in [0.717, 1.165) is 18.2 Å². The Morgan fingerprint density at radius 1 is 1.47 bits per heavy atom. The van der Waals surface area contributed by atoms with Crippen LogP contribution >= 0.6 is 11.3 Å². The molecule has 1 rings (SSSR count). The summed E-state index contributed by atoms with van der Waals surface area (Å²) in [6.07, 6.45) is 0. The molecule has 0 aliphatic carbocycles. The van der Waals surface area contributed by atoms with E-state index in [4.69, 9.17) is 10.8 Å². The molecule has 0 aliphatic rings. The lowest BCUT2D eigenvalue weighted by Crippen LogP contribution is -2.37. The average molecular weight is 286 g/mol. The van der Waals surface area contributed by atoms with Crippen LogP contribution < -0.4 is 10.6 Å². The van der Waals surface area contributed by atoms with Crippen LogP contribution in [-0.2, 0) is 0 Å². The number of carbonyl (C=O) groups is 1. The summed E-state index contributed by atoms with van der Waals surface area (Å²) in [4.78, 5) is 20.5. The molecule has 0 saturated carbocycles. The average Bonchev–Trinajstić information content (AvgIpc) is 2.79. The van der Waals surface area contributed by atoms with Crippen LogP contribution in [0, 0.1) is 0 Å². The SMILES string of the molecule is CCN(CC)c1nc(N)c(C(=O)N(C)C(C)CO)s1. The van der Waals surface area contributed by atoms with Crippen molar-refractivity contribution in [2.75, 3.05) is 37.4 Å². The van der Waals surface area contributed by atoms with E-state index in [-0.39, 0.29) is 24.4 Å². The van der Waals surface area contributed by atoms with Gasteiger partial charge in [0.25, 0.3) is 5.91 Å². The van der Waals surface area contributed by atoms with Crippen molar-refractivity contribution in [2.24, 2.45) is 0 Å². The van der Waals surface area contributed by atoms with Crippen molar-refractivity contribution in [3.05, 3.63) is 4.88 Å². The maximum Gasteiger partial charge on any atom is 0.267 e. The van der Waals surface area contributed by atoms with Gasteiger partial charge >= 0.3 is 0 Å². The number of nitrogens with two attached hydrogens (primary N) is 1. The minimum absolute atomic E-state index is 0.0795. The molecule has 1 aromatic rings. The van der Waals surface area contributed by atoms with Crippen molar-refractivity contribution in [2.45, 2.75) is 26.8 Å². The molecule has 1 aromatic heterocycles. The molecule has 1 unspecified atom stereocenters. The fraction of sp³-hybridized carbons (Fsp3) is 0.667. The first-order chi connectivity index (χ1) is 8.96. The number of carbonyl (C=O) groups excluding carboxylic acids is 1. The van der Waals surface area contributed by atoms with Gasteiger partial charge in [0.05, 0.1) is 12.6 Å². The third-order valence-electron chi connectivity index (χ3n) is 3.12. The molecule has 3 N–H and O–H groups in total. The zero-order chi connectivity index (χ0) is 14.6. The summed E-state index contributed by atoms with van der Waals surface area (Å²) in [5.41, 5.74) is 5.83. The molecule has 1 heterocycles. The Morgan fingerprint density at radius 2 is 2.05 bits per heavy atom. The van der Waals surface area contributed by atoms with Crippen molar-refractivity contribution in [3.8, 4) is 0 Å². The molecule has 0 fully saturated rings. The second-order valence-corrected chi connectivity index (χ2v) is 5.31. The van der Waals surface area contributed by atoms with E-state index in [9.17, 15) is 4.79 Å². The molecule has 7 heteroatoms. The van der Waals surface area contributed by atoms with Gasteiger partial charge in [0.1, 0.15) is 10.7 Å². The predicted molar refractivity (Wildman–Crippen MR) is 78.7 cm³/mol. The van der Waals surface area contributed by atoms with E-state index in [1.165, 1.54) is 16.2 Å². The molecule has 1 atom stereocenters. The smallest absolute Gasteiger partial charge is 0.267 e. The Hall–Kier alpha value is -1.34. The number of nitrogens with zero attached hydrogens (tertiary/aromatic N) is 3. The minimum Gasteiger partial charge on any atom is -0.394 e. The Labute approximate surface area is 117 Å². The number of aliphatic hydroxyl groups is 1. The number of rotatable bonds is 6. The third-order valence-corrected chi connectivity index (χ3v) is 4.24. The highest BCUT2D eigenvalue weighted by atomic mass is 32.1. The first-order valence-electron chi connectivity index (χ1n) is 6.35. The molecule has 0 saturated heterocycles. The number of thiazole rings is 1. The van der Waals surface area contributed by atoms with Crippen molar-refractivity contribution >= 4 is 28.2 Å². The lowest BCUT2D eigenvalue weighted by molar-refractivity contribution is 0.0688. The number of nitrogen functional groups attached to an aromatic ring is 1. The topological polar surface area (TPSA) is 82.7 Å². The molecule has 6 nitrogen and oxygen atoms in total. The van der Waals surface area contributed by atoms with Gasteiger partial charge < -0.3 is 20.6 Å². The molecule has 0 aromatic carbocycles. The van der Waals surface area contributed by atoms with E-state index in [0.29, 0.717) is 4.88 Å². The van der Waals surface area contributed by atoms with Crippen LogP contribution in [0.2, 0.25) is 0 Å². The number of aromatic nitrogens is 1. The lowest BCUT2D eigenvalue weighted by Gasteiger charge is -2.22. The normalized spacial score (nSPS) is 12.3. The van der Waals surface area contributed by atoms with Crippen molar-refractivity contribution in [1.29, 1.82) is 0 Å². The van der Waals surface area contributed by atoms with E-state index in [1.54, 1.807) is 14.0 Å². The van der Waals surface area contributed by atoms with E-state index >= 15 is 0 Å². The minimum atomic E-state index is -0.245. The number of aliphatic hydroxyl groups excluding tert-OH is 1. The van der Waals surface area contributed by atoms with Crippen LogP contribution in [0.5, 0.6) is 0 Å². The van der Waals surface area contributed by atoms with Gasteiger partial charge in [-0.1, -0.05) is 11.3 Å². The Bertz CT molecular complexity index is 431. The van der Waals surface area contributed by atoms with Gasteiger partial charge in [0.2, 0.25) is 0 Å². The zero-order valence-corrected chi connectivity index (χ0v) is 12.7. The molecular formula is C12H22N4O2S.